The van der Waals surface area contributed by atoms with Gasteiger partial charge in [0.2, 0.25) is 0 Å². The molecule has 2 heterocycles. The van der Waals surface area contributed by atoms with Gasteiger partial charge in [0.05, 0.1) is 11.6 Å². The summed E-state index contributed by atoms with van der Waals surface area (Å²) in [5.74, 6) is 2.49. The lowest BCUT2D eigenvalue weighted by Gasteiger charge is -2.10. The largest absolute Gasteiger partial charge is 0.491 e. The van der Waals surface area contributed by atoms with Crippen LogP contribution in [-0.2, 0) is 6.42 Å². The van der Waals surface area contributed by atoms with Gasteiger partial charge in [-0.1, -0.05) is 41.0 Å². The molecule has 1 saturated carbocycles. The number of aromatic nitrogens is 3. The number of hydrogen-bond acceptors (Lipinski definition) is 5. The van der Waals surface area contributed by atoms with E-state index in [0.717, 1.165) is 23.2 Å². The molecule has 3 aromatic rings. The molecule has 1 aromatic carbocycles. The van der Waals surface area contributed by atoms with Gasteiger partial charge in [0.25, 0.3) is 0 Å². The first-order valence-electron chi connectivity index (χ1n) is 8.37. The van der Waals surface area contributed by atoms with Crippen LogP contribution in [0.4, 0.5) is 0 Å². The second-order valence-corrected chi connectivity index (χ2v) is 8.97. The zero-order valence-corrected chi connectivity index (χ0v) is 17.0. The zero-order valence-electron chi connectivity index (χ0n) is 13.9. The highest BCUT2D eigenvalue weighted by Gasteiger charge is 2.29. The first-order valence-corrected chi connectivity index (χ1v) is 11.0. The monoisotopic (exact) mass is 425 g/mol. The Morgan fingerprint density at radius 3 is 2.85 bits per heavy atom. The smallest absolute Gasteiger partial charge is 0.191 e. The fourth-order valence-electron chi connectivity index (χ4n) is 2.67. The number of rotatable bonds is 8. The maximum Gasteiger partial charge on any atom is 0.191 e. The Morgan fingerprint density at radius 2 is 2.12 bits per heavy atom. The van der Waals surface area contributed by atoms with Gasteiger partial charge in [-0.25, -0.2) is 0 Å². The normalized spacial score (nSPS) is 13.9. The molecule has 8 heteroatoms. The molecule has 1 aliphatic carbocycles. The molecule has 0 amide bonds. The molecule has 4 rings (SSSR count). The number of thioether (sulfide) groups is 1. The predicted molar refractivity (Wildman–Crippen MR) is 108 cm³/mol. The van der Waals surface area contributed by atoms with E-state index >= 15 is 0 Å². The highest BCUT2D eigenvalue weighted by molar-refractivity contribution is 7.99. The summed E-state index contributed by atoms with van der Waals surface area (Å²) >= 11 is 15.5. The van der Waals surface area contributed by atoms with Crippen LogP contribution >= 0.6 is 46.3 Å². The van der Waals surface area contributed by atoms with Gasteiger partial charge in [-0.2, -0.15) is 0 Å². The second kappa shape index (κ2) is 8.21. The Morgan fingerprint density at radius 1 is 1.23 bits per heavy atom. The van der Waals surface area contributed by atoms with Crippen LogP contribution in [0, 0.1) is 0 Å². The molecule has 0 unspecified atom stereocenters. The average Bonchev–Trinajstić information content (AvgIpc) is 3.17. The summed E-state index contributed by atoms with van der Waals surface area (Å²) in [5, 5.41) is 13.1. The Labute approximate surface area is 170 Å². The molecule has 4 nitrogen and oxygen atoms in total. The minimum atomic E-state index is 0.530. The molecule has 0 aliphatic heterocycles. The van der Waals surface area contributed by atoms with Crippen molar-refractivity contribution in [3.63, 3.8) is 0 Å². The molecular formula is C18H17Cl2N3OS2. The van der Waals surface area contributed by atoms with E-state index in [2.05, 4.69) is 32.3 Å². The van der Waals surface area contributed by atoms with E-state index in [1.54, 1.807) is 41.3 Å². The van der Waals surface area contributed by atoms with Crippen LogP contribution in [-0.4, -0.2) is 27.1 Å². The van der Waals surface area contributed by atoms with Gasteiger partial charge in [0.1, 0.15) is 11.6 Å². The maximum absolute atomic E-state index is 6.13. The van der Waals surface area contributed by atoms with Crippen molar-refractivity contribution >= 4 is 46.3 Å². The summed E-state index contributed by atoms with van der Waals surface area (Å²) in [6.45, 7) is 0.545. The van der Waals surface area contributed by atoms with Crippen molar-refractivity contribution in [1.82, 2.24) is 14.8 Å². The summed E-state index contributed by atoms with van der Waals surface area (Å²) in [6.07, 6.45) is 3.26. The summed E-state index contributed by atoms with van der Waals surface area (Å²) in [5.41, 5.74) is 0. The summed E-state index contributed by atoms with van der Waals surface area (Å²) in [7, 11) is 0. The lowest BCUT2D eigenvalue weighted by molar-refractivity contribution is 0.344. The molecule has 1 aliphatic rings. The van der Waals surface area contributed by atoms with Gasteiger partial charge >= 0.3 is 0 Å². The van der Waals surface area contributed by atoms with Crippen molar-refractivity contribution in [2.75, 3.05) is 12.4 Å². The van der Waals surface area contributed by atoms with Crippen molar-refractivity contribution in [1.29, 1.82) is 0 Å². The maximum atomic E-state index is 6.13. The highest BCUT2D eigenvalue weighted by atomic mass is 35.5. The van der Waals surface area contributed by atoms with E-state index in [-0.39, 0.29) is 0 Å². The average molecular weight is 426 g/mol. The summed E-state index contributed by atoms with van der Waals surface area (Å²) < 4.78 is 8.06. The standard InChI is InChI=1S/C18H17Cl2N3OS2/c19-12-3-6-16(15(20)10-12)24-7-9-26-18-22-21-17(23(18)13-4-5-13)11-14-2-1-8-25-14/h1-3,6,8,10,13H,4-5,7,9,11H2. The third-order valence-corrected chi connectivity index (χ3v) is 6.34. The first-order chi connectivity index (χ1) is 12.7. The Kier molecular flexibility index (Phi) is 5.74. The van der Waals surface area contributed by atoms with Gasteiger partial charge in [0.15, 0.2) is 5.16 Å². The van der Waals surface area contributed by atoms with Gasteiger partial charge in [-0.05, 0) is 42.5 Å². The topological polar surface area (TPSA) is 39.9 Å². The van der Waals surface area contributed by atoms with E-state index in [1.165, 1.54) is 17.7 Å². The molecule has 26 heavy (non-hydrogen) atoms. The van der Waals surface area contributed by atoms with Crippen LogP contribution in [0.3, 0.4) is 0 Å². The van der Waals surface area contributed by atoms with Gasteiger partial charge in [-0.3, -0.25) is 0 Å². The molecule has 0 bridgehead atoms. The molecule has 136 valence electrons. The van der Waals surface area contributed by atoms with Crippen LogP contribution in [0.15, 0.2) is 40.9 Å². The predicted octanol–water partition coefficient (Wildman–Crippen LogP) is 5.74. The summed E-state index contributed by atoms with van der Waals surface area (Å²) in [4.78, 5) is 1.32. The third-order valence-electron chi connectivity index (χ3n) is 4.03. The molecule has 0 radical (unpaired) electrons. The number of benzene rings is 1. The van der Waals surface area contributed by atoms with Gasteiger partial charge in [-0.15, -0.1) is 21.5 Å². The minimum absolute atomic E-state index is 0.530. The number of nitrogens with zero attached hydrogens (tertiary/aromatic N) is 3. The molecular weight excluding hydrogens is 409 g/mol. The molecule has 0 atom stereocenters. The van der Waals surface area contributed by atoms with Crippen LogP contribution in [0.2, 0.25) is 10.0 Å². The molecule has 0 N–H and O–H groups in total. The Hall–Kier alpha value is -1.21. The summed E-state index contributed by atoms with van der Waals surface area (Å²) in [6, 6.07) is 10.0. The van der Waals surface area contributed by atoms with Gasteiger partial charge in [0, 0.05) is 28.1 Å². The SMILES string of the molecule is Clc1ccc(OCCSc2nnc(Cc3cccs3)n2C2CC2)c(Cl)c1. The minimum Gasteiger partial charge on any atom is -0.491 e. The highest BCUT2D eigenvalue weighted by Crippen LogP contribution is 2.39. The molecule has 0 saturated heterocycles. The second-order valence-electron chi connectivity index (χ2n) is 6.03. The molecule has 0 spiro atoms. The number of thiophene rings is 1. The van der Waals surface area contributed by atoms with Crippen molar-refractivity contribution in [2.24, 2.45) is 0 Å². The first kappa shape index (κ1) is 18.2. The van der Waals surface area contributed by atoms with Crippen LogP contribution in [0.5, 0.6) is 5.75 Å². The van der Waals surface area contributed by atoms with E-state index in [9.17, 15) is 0 Å². The lowest BCUT2D eigenvalue weighted by atomic mass is 10.3. The van der Waals surface area contributed by atoms with Gasteiger partial charge < -0.3 is 9.30 Å². The molecule has 1 fully saturated rings. The Balaban J connectivity index is 1.36. The fourth-order valence-corrected chi connectivity index (χ4v) is 4.68. The van der Waals surface area contributed by atoms with Crippen LogP contribution in [0.25, 0.3) is 0 Å². The van der Waals surface area contributed by atoms with Crippen LogP contribution < -0.4 is 4.74 Å². The number of hydrogen-bond donors (Lipinski definition) is 0. The number of ether oxygens (including phenoxy) is 1. The fraction of sp³-hybridized carbons (Fsp3) is 0.333. The quantitative estimate of drug-likeness (QED) is 0.340. The van der Waals surface area contributed by atoms with E-state index in [0.29, 0.717) is 28.4 Å². The van der Waals surface area contributed by atoms with Crippen molar-refractivity contribution < 1.29 is 4.74 Å². The lowest BCUT2D eigenvalue weighted by Crippen LogP contribution is -2.05. The van der Waals surface area contributed by atoms with E-state index in [1.807, 2.05) is 0 Å². The third kappa shape index (κ3) is 4.36. The number of halogens is 2. The van der Waals surface area contributed by atoms with E-state index < -0.39 is 0 Å². The van der Waals surface area contributed by atoms with Crippen molar-refractivity contribution in [3.8, 4) is 5.75 Å². The zero-order chi connectivity index (χ0) is 17.9. The van der Waals surface area contributed by atoms with Crippen LogP contribution in [0.1, 0.15) is 29.6 Å². The van der Waals surface area contributed by atoms with Crippen molar-refractivity contribution in [3.05, 3.63) is 56.5 Å². The van der Waals surface area contributed by atoms with Crippen molar-refractivity contribution in [2.45, 2.75) is 30.5 Å². The van der Waals surface area contributed by atoms with E-state index in [4.69, 9.17) is 27.9 Å². The molecule has 2 aromatic heterocycles. The Bertz CT molecular complexity index is 879.